The average Bonchev–Trinajstić information content (AvgIpc) is 2.07. The lowest BCUT2D eigenvalue weighted by atomic mass is 10.1. The van der Waals surface area contributed by atoms with Gasteiger partial charge in [-0.15, -0.1) is 0 Å². The average molecular weight is 252 g/mol. The Kier molecular flexibility index (Phi) is 3.16. The highest BCUT2D eigenvalue weighted by molar-refractivity contribution is 9.10. The molecule has 13 heavy (non-hydrogen) atoms. The van der Waals surface area contributed by atoms with Gasteiger partial charge in [0.05, 0.1) is 5.56 Å². The normalized spacial score (nSPS) is 10.8. The predicted octanol–water partition coefficient (Wildman–Crippen LogP) is 1.82. The molecular formula is C7H8BrF2N3. The van der Waals surface area contributed by atoms with Gasteiger partial charge in [0, 0.05) is 17.2 Å². The van der Waals surface area contributed by atoms with Gasteiger partial charge in [-0.1, -0.05) is 0 Å². The third-order valence-corrected chi connectivity index (χ3v) is 2.31. The van der Waals surface area contributed by atoms with Gasteiger partial charge in [-0.2, -0.15) is 0 Å². The first kappa shape index (κ1) is 10.3. The molecule has 0 amide bonds. The van der Waals surface area contributed by atoms with Gasteiger partial charge in [0.1, 0.15) is 5.82 Å². The Morgan fingerprint density at radius 2 is 2.15 bits per heavy atom. The van der Waals surface area contributed by atoms with Gasteiger partial charge >= 0.3 is 0 Å². The lowest BCUT2D eigenvalue weighted by molar-refractivity contribution is 0.150. The number of aromatic nitrogens is 1. The second-order valence-electron chi connectivity index (χ2n) is 2.39. The Morgan fingerprint density at radius 3 is 2.54 bits per heavy atom. The molecule has 0 radical (unpaired) electrons. The minimum atomic E-state index is -2.65. The van der Waals surface area contributed by atoms with Crippen molar-refractivity contribution in [1.82, 2.24) is 4.98 Å². The molecule has 0 aliphatic heterocycles. The Bertz CT molecular complexity index is 317. The van der Waals surface area contributed by atoms with Crippen LogP contribution < -0.4 is 11.5 Å². The number of halogens is 3. The van der Waals surface area contributed by atoms with E-state index in [4.69, 9.17) is 11.5 Å². The first-order valence-electron chi connectivity index (χ1n) is 3.49. The predicted molar refractivity (Wildman–Crippen MR) is 49.2 cm³/mol. The Labute approximate surface area is 82.3 Å². The first-order chi connectivity index (χ1) is 6.07. The Hall–Kier alpha value is -0.750. The van der Waals surface area contributed by atoms with Crippen LogP contribution in [0.2, 0.25) is 0 Å². The van der Waals surface area contributed by atoms with Crippen LogP contribution in [0.5, 0.6) is 0 Å². The molecule has 72 valence electrons. The van der Waals surface area contributed by atoms with Crippen LogP contribution in [-0.2, 0) is 6.54 Å². The summed E-state index contributed by atoms with van der Waals surface area (Å²) in [6, 6.07) is 0. The van der Waals surface area contributed by atoms with Crippen molar-refractivity contribution < 1.29 is 8.78 Å². The lowest BCUT2D eigenvalue weighted by Gasteiger charge is -2.10. The maximum absolute atomic E-state index is 12.5. The highest BCUT2D eigenvalue weighted by Gasteiger charge is 2.18. The molecular weight excluding hydrogens is 244 g/mol. The fourth-order valence-corrected chi connectivity index (χ4v) is 1.49. The van der Waals surface area contributed by atoms with E-state index in [2.05, 4.69) is 20.9 Å². The van der Waals surface area contributed by atoms with E-state index in [1.165, 1.54) is 6.20 Å². The summed E-state index contributed by atoms with van der Waals surface area (Å²) in [6.45, 7) is 0.00692. The van der Waals surface area contributed by atoms with E-state index in [0.29, 0.717) is 10.0 Å². The molecule has 0 aromatic carbocycles. The van der Waals surface area contributed by atoms with E-state index in [1.807, 2.05) is 0 Å². The Balaban J connectivity index is 3.35. The highest BCUT2D eigenvalue weighted by atomic mass is 79.9. The van der Waals surface area contributed by atoms with Crippen molar-refractivity contribution in [2.24, 2.45) is 5.73 Å². The molecule has 0 fully saturated rings. The van der Waals surface area contributed by atoms with Crippen LogP contribution >= 0.6 is 15.9 Å². The second-order valence-corrected chi connectivity index (χ2v) is 3.24. The van der Waals surface area contributed by atoms with Gasteiger partial charge in [0.15, 0.2) is 0 Å². The molecule has 6 heteroatoms. The van der Waals surface area contributed by atoms with Crippen molar-refractivity contribution in [3.63, 3.8) is 0 Å². The number of nitrogen functional groups attached to an aromatic ring is 1. The second kappa shape index (κ2) is 3.97. The number of rotatable bonds is 2. The fraction of sp³-hybridized carbons (Fsp3) is 0.286. The Morgan fingerprint density at radius 1 is 1.54 bits per heavy atom. The van der Waals surface area contributed by atoms with Gasteiger partial charge in [0.25, 0.3) is 6.43 Å². The van der Waals surface area contributed by atoms with E-state index in [1.54, 1.807) is 0 Å². The van der Waals surface area contributed by atoms with Gasteiger partial charge in [-0.05, 0) is 21.5 Å². The first-order valence-corrected chi connectivity index (χ1v) is 4.28. The molecule has 0 atom stereocenters. The van der Waals surface area contributed by atoms with Crippen LogP contribution in [0.25, 0.3) is 0 Å². The maximum atomic E-state index is 12.5. The summed E-state index contributed by atoms with van der Waals surface area (Å²) in [5, 5.41) is 0. The summed E-state index contributed by atoms with van der Waals surface area (Å²) >= 11 is 3.08. The van der Waals surface area contributed by atoms with Crippen molar-refractivity contribution in [2.75, 3.05) is 5.73 Å². The fourth-order valence-electron chi connectivity index (χ4n) is 1.01. The topological polar surface area (TPSA) is 64.9 Å². The standard InChI is InChI=1S/C7H8BrF2N3/c8-4-2-13-7(12)5(6(9)10)3(4)1-11/h2,6H,1,11H2,(H2,12,13). The van der Waals surface area contributed by atoms with Crippen LogP contribution in [0.15, 0.2) is 10.7 Å². The number of alkyl halides is 2. The zero-order chi connectivity index (χ0) is 10.0. The number of hydrogen-bond donors (Lipinski definition) is 2. The molecule has 4 N–H and O–H groups in total. The molecule has 1 heterocycles. The number of hydrogen-bond acceptors (Lipinski definition) is 3. The third kappa shape index (κ3) is 1.94. The molecule has 0 unspecified atom stereocenters. The van der Waals surface area contributed by atoms with Crippen molar-refractivity contribution in [3.05, 3.63) is 21.8 Å². The summed E-state index contributed by atoms with van der Waals surface area (Å²) in [4.78, 5) is 3.60. The quantitative estimate of drug-likeness (QED) is 0.843. The number of pyridine rings is 1. The molecule has 1 rings (SSSR count). The third-order valence-electron chi connectivity index (χ3n) is 1.63. The minimum absolute atomic E-state index is 0.00692. The summed E-state index contributed by atoms with van der Waals surface area (Å²) < 4.78 is 25.4. The monoisotopic (exact) mass is 251 g/mol. The molecule has 3 nitrogen and oxygen atoms in total. The van der Waals surface area contributed by atoms with E-state index in [0.717, 1.165) is 0 Å². The van der Waals surface area contributed by atoms with Crippen molar-refractivity contribution in [3.8, 4) is 0 Å². The number of anilines is 1. The van der Waals surface area contributed by atoms with Gasteiger partial charge in [-0.3, -0.25) is 0 Å². The number of nitrogens with two attached hydrogens (primary N) is 2. The summed E-state index contributed by atoms with van der Waals surface area (Å²) in [6.07, 6.45) is -1.29. The van der Waals surface area contributed by atoms with Gasteiger partial charge in [-0.25, -0.2) is 13.8 Å². The van der Waals surface area contributed by atoms with Crippen molar-refractivity contribution in [2.45, 2.75) is 13.0 Å². The zero-order valence-corrected chi connectivity index (χ0v) is 8.18. The van der Waals surface area contributed by atoms with E-state index >= 15 is 0 Å². The highest BCUT2D eigenvalue weighted by Crippen LogP contribution is 2.31. The summed E-state index contributed by atoms with van der Waals surface area (Å²) in [5.41, 5.74) is 10.6. The molecule has 0 spiro atoms. The summed E-state index contributed by atoms with van der Waals surface area (Å²) in [5.74, 6) is -0.168. The zero-order valence-electron chi connectivity index (χ0n) is 6.60. The molecule has 0 bridgehead atoms. The van der Waals surface area contributed by atoms with Crippen LogP contribution in [0.1, 0.15) is 17.6 Å². The van der Waals surface area contributed by atoms with Gasteiger partial charge in [0.2, 0.25) is 0 Å². The molecule has 0 aliphatic carbocycles. The molecule has 0 saturated carbocycles. The van der Waals surface area contributed by atoms with E-state index in [-0.39, 0.29) is 17.9 Å². The maximum Gasteiger partial charge on any atom is 0.267 e. The molecule has 0 saturated heterocycles. The smallest absolute Gasteiger partial charge is 0.267 e. The van der Waals surface area contributed by atoms with Crippen LogP contribution in [0, 0.1) is 0 Å². The van der Waals surface area contributed by atoms with Crippen LogP contribution in [0.4, 0.5) is 14.6 Å². The largest absolute Gasteiger partial charge is 0.383 e. The van der Waals surface area contributed by atoms with Crippen LogP contribution in [0.3, 0.4) is 0 Å². The van der Waals surface area contributed by atoms with E-state index < -0.39 is 6.43 Å². The summed E-state index contributed by atoms with van der Waals surface area (Å²) in [7, 11) is 0. The lowest BCUT2D eigenvalue weighted by Crippen LogP contribution is -2.08. The van der Waals surface area contributed by atoms with Gasteiger partial charge < -0.3 is 11.5 Å². The molecule has 0 aliphatic rings. The minimum Gasteiger partial charge on any atom is -0.383 e. The number of nitrogens with zero attached hydrogens (tertiary/aromatic N) is 1. The van der Waals surface area contributed by atoms with Crippen LogP contribution in [-0.4, -0.2) is 4.98 Å². The van der Waals surface area contributed by atoms with Crippen molar-refractivity contribution >= 4 is 21.7 Å². The van der Waals surface area contributed by atoms with E-state index in [9.17, 15) is 8.78 Å². The molecule has 1 aromatic heterocycles. The van der Waals surface area contributed by atoms with Crippen molar-refractivity contribution in [1.29, 1.82) is 0 Å². The SMILES string of the molecule is NCc1c(Br)cnc(N)c1C(F)F. The molecule has 1 aromatic rings.